The predicted octanol–water partition coefficient (Wildman–Crippen LogP) is 1.91. The molecular formula is C17H20N2O3. The third kappa shape index (κ3) is 4.22. The molecule has 22 heavy (non-hydrogen) atoms. The van der Waals surface area contributed by atoms with E-state index in [1.165, 1.54) is 10.6 Å². The van der Waals surface area contributed by atoms with Crippen LogP contribution in [0.3, 0.4) is 0 Å². The molecule has 1 aromatic carbocycles. The Hall–Kier alpha value is -2.56. The quantitative estimate of drug-likeness (QED) is 0.819. The van der Waals surface area contributed by atoms with Gasteiger partial charge in [0.15, 0.2) is 0 Å². The molecular weight excluding hydrogens is 280 g/mol. The summed E-state index contributed by atoms with van der Waals surface area (Å²) in [5.74, 6) is 0.707. The van der Waals surface area contributed by atoms with E-state index < -0.39 is 0 Å². The van der Waals surface area contributed by atoms with Gasteiger partial charge in [0.1, 0.15) is 12.3 Å². The Labute approximate surface area is 129 Å². The zero-order chi connectivity index (χ0) is 15.9. The zero-order valence-corrected chi connectivity index (χ0v) is 12.9. The number of pyridine rings is 1. The van der Waals surface area contributed by atoms with E-state index in [1.807, 2.05) is 31.2 Å². The average molecular weight is 300 g/mol. The van der Waals surface area contributed by atoms with Crippen LogP contribution in [0.1, 0.15) is 12.5 Å². The van der Waals surface area contributed by atoms with Gasteiger partial charge in [-0.05, 0) is 30.7 Å². The first-order chi connectivity index (χ1) is 10.6. The van der Waals surface area contributed by atoms with Crippen LogP contribution in [0.25, 0.3) is 0 Å². The van der Waals surface area contributed by atoms with Crippen molar-refractivity contribution in [2.24, 2.45) is 0 Å². The number of hydrogen-bond donors (Lipinski definition) is 0. The second kappa shape index (κ2) is 7.45. The Balaban J connectivity index is 1.96. The number of likely N-dealkylation sites (N-methyl/N-ethyl adjacent to an activating group) is 1. The Kier molecular flexibility index (Phi) is 5.36. The standard InChI is InChI=1S/C17H20N2O3/c1-3-22-15-9-7-14(8-10-15)12-18(2)17(21)13-19-11-5-4-6-16(19)20/h4-11H,3,12-13H2,1-2H3. The van der Waals surface area contributed by atoms with E-state index in [2.05, 4.69) is 0 Å². The highest BCUT2D eigenvalue weighted by Gasteiger charge is 2.10. The minimum absolute atomic E-state index is 0.0488. The lowest BCUT2D eigenvalue weighted by molar-refractivity contribution is -0.131. The highest BCUT2D eigenvalue weighted by molar-refractivity contribution is 5.75. The Bertz CT molecular complexity index is 677. The van der Waals surface area contributed by atoms with Crippen LogP contribution in [0, 0.1) is 0 Å². The van der Waals surface area contributed by atoms with Gasteiger partial charge in [-0.2, -0.15) is 0 Å². The first-order valence-electron chi connectivity index (χ1n) is 7.21. The van der Waals surface area contributed by atoms with Crippen molar-refractivity contribution in [2.45, 2.75) is 20.0 Å². The molecule has 0 fully saturated rings. The van der Waals surface area contributed by atoms with Crippen molar-refractivity contribution in [3.05, 3.63) is 64.6 Å². The monoisotopic (exact) mass is 300 g/mol. The fourth-order valence-corrected chi connectivity index (χ4v) is 2.08. The maximum atomic E-state index is 12.2. The van der Waals surface area contributed by atoms with E-state index in [9.17, 15) is 9.59 Å². The fourth-order valence-electron chi connectivity index (χ4n) is 2.08. The minimum atomic E-state index is -0.176. The molecule has 116 valence electrons. The summed E-state index contributed by atoms with van der Waals surface area (Å²) >= 11 is 0. The van der Waals surface area contributed by atoms with Gasteiger partial charge in [0, 0.05) is 25.9 Å². The van der Waals surface area contributed by atoms with Crippen molar-refractivity contribution in [3.63, 3.8) is 0 Å². The lowest BCUT2D eigenvalue weighted by atomic mass is 10.2. The molecule has 0 N–H and O–H groups in total. The number of nitrogens with zero attached hydrogens (tertiary/aromatic N) is 2. The topological polar surface area (TPSA) is 51.5 Å². The van der Waals surface area contributed by atoms with Crippen LogP contribution in [0.15, 0.2) is 53.5 Å². The summed E-state index contributed by atoms with van der Waals surface area (Å²) in [6, 6.07) is 12.5. The van der Waals surface area contributed by atoms with Gasteiger partial charge in [-0.3, -0.25) is 9.59 Å². The second-order valence-electron chi connectivity index (χ2n) is 4.99. The van der Waals surface area contributed by atoms with Gasteiger partial charge in [0.05, 0.1) is 6.61 Å². The molecule has 0 bridgehead atoms. The third-order valence-corrected chi connectivity index (χ3v) is 3.28. The van der Waals surface area contributed by atoms with E-state index in [0.29, 0.717) is 13.2 Å². The molecule has 0 aliphatic rings. The van der Waals surface area contributed by atoms with Gasteiger partial charge in [0.25, 0.3) is 5.56 Å². The summed E-state index contributed by atoms with van der Waals surface area (Å²) < 4.78 is 6.79. The summed E-state index contributed by atoms with van der Waals surface area (Å²) in [5.41, 5.74) is 0.838. The van der Waals surface area contributed by atoms with Crippen molar-refractivity contribution in [2.75, 3.05) is 13.7 Å². The number of aromatic nitrogens is 1. The molecule has 0 saturated heterocycles. The minimum Gasteiger partial charge on any atom is -0.494 e. The van der Waals surface area contributed by atoms with E-state index in [1.54, 1.807) is 30.3 Å². The molecule has 0 aliphatic carbocycles. The van der Waals surface area contributed by atoms with Crippen LogP contribution >= 0.6 is 0 Å². The number of carbonyl (C=O) groups is 1. The van der Waals surface area contributed by atoms with Gasteiger partial charge in [-0.15, -0.1) is 0 Å². The SMILES string of the molecule is CCOc1ccc(CN(C)C(=O)Cn2ccccc2=O)cc1. The molecule has 0 unspecified atom stereocenters. The molecule has 0 radical (unpaired) electrons. The van der Waals surface area contributed by atoms with Crippen molar-refractivity contribution < 1.29 is 9.53 Å². The molecule has 2 aromatic rings. The molecule has 5 heteroatoms. The predicted molar refractivity (Wildman–Crippen MR) is 84.8 cm³/mol. The summed E-state index contributed by atoms with van der Waals surface area (Å²) in [7, 11) is 1.73. The Morgan fingerprint density at radius 2 is 1.91 bits per heavy atom. The largest absolute Gasteiger partial charge is 0.494 e. The van der Waals surface area contributed by atoms with Gasteiger partial charge in [-0.1, -0.05) is 18.2 Å². The molecule has 1 heterocycles. The summed E-state index contributed by atoms with van der Waals surface area (Å²) in [6.07, 6.45) is 1.62. The first-order valence-corrected chi connectivity index (χ1v) is 7.21. The summed E-state index contributed by atoms with van der Waals surface area (Å²) in [6.45, 7) is 3.11. The molecule has 0 atom stereocenters. The number of amides is 1. The van der Waals surface area contributed by atoms with Crippen LogP contribution in [-0.4, -0.2) is 29.0 Å². The number of benzene rings is 1. The Morgan fingerprint density at radius 1 is 1.18 bits per heavy atom. The molecule has 1 amide bonds. The second-order valence-corrected chi connectivity index (χ2v) is 4.99. The van der Waals surface area contributed by atoms with Gasteiger partial charge >= 0.3 is 0 Å². The fraction of sp³-hybridized carbons (Fsp3) is 0.294. The number of ether oxygens (including phenoxy) is 1. The number of hydrogen-bond acceptors (Lipinski definition) is 3. The van der Waals surface area contributed by atoms with Crippen molar-refractivity contribution in [3.8, 4) is 5.75 Å². The van der Waals surface area contributed by atoms with Gasteiger partial charge < -0.3 is 14.2 Å². The van der Waals surface area contributed by atoms with Crippen molar-refractivity contribution >= 4 is 5.91 Å². The first kappa shape index (κ1) is 15.8. The average Bonchev–Trinajstić information content (AvgIpc) is 2.51. The summed E-state index contributed by atoms with van der Waals surface area (Å²) in [4.78, 5) is 25.4. The highest BCUT2D eigenvalue weighted by atomic mass is 16.5. The zero-order valence-electron chi connectivity index (χ0n) is 12.9. The molecule has 0 saturated carbocycles. The number of rotatable bonds is 6. The van der Waals surface area contributed by atoms with Crippen LogP contribution < -0.4 is 10.3 Å². The van der Waals surface area contributed by atoms with Gasteiger partial charge in [0.2, 0.25) is 5.91 Å². The normalized spacial score (nSPS) is 10.3. The molecule has 2 rings (SSSR count). The third-order valence-electron chi connectivity index (χ3n) is 3.28. The van der Waals surface area contributed by atoms with E-state index in [0.717, 1.165) is 11.3 Å². The lowest BCUT2D eigenvalue weighted by Gasteiger charge is -2.18. The van der Waals surface area contributed by atoms with Crippen molar-refractivity contribution in [1.82, 2.24) is 9.47 Å². The van der Waals surface area contributed by atoms with E-state index in [-0.39, 0.29) is 18.0 Å². The maximum Gasteiger partial charge on any atom is 0.250 e. The Morgan fingerprint density at radius 3 is 2.55 bits per heavy atom. The summed E-state index contributed by atoms with van der Waals surface area (Å²) in [5, 5.41) is 0. The molecule has 0 aliphatic heterocycles. The lowest BCUT2D eigenvalue weighted by Crippen LogP contribution is -2.33. The highest BCUT2D eigenvalue weighted by Crippen LogP contribution is 2.13. The molecule has 5 nitrogen and oxygen atoms in total. The van der Waals surface area contributed by atoms with Crippen LogP contribution in [-0.2, 0) is 17.9 Å². The van der Waals surface area contributed by atoms with Gasteiger partial charge in [-0.25, -0.2) is 0 Å². The van der Waals surface area contributed by atoms with E-state index >= 15 is 0 Å². The van der Waals surface area contributed by atoms with Crippen LogP contribution in [0.4, 0.5) is 0 Å². The molecule has 1 aromatic heterocycles. The molecule has 0 spiro atoms. The van der Waals surface area contributed by atoms with E-state index in [4.69, 9.17) is 4.74 Å². The number of carbonyl (C=O) groups excluding carboxylic acids is 1. The smallest absolute Gasteiger partial charge is 0.250 e. The van der Waals surface area contributed by atoms with Crippen molar-refractivity contribution in [1.29, 1.82) is 0 Å². The maximum absolute atomic E-state index is 12.2. The van der Waals surface area contributed by atoms with Crippen LogP contribution in [0.5, 0.6) is 5.75 Å². The van der Waals surface area contributed by atoms with Crippen LogP contribution in [0.2, 0.25) is 0 Å².